The lowest BCUT2D eigenvalue weighted by Gasteiger charge is -2.13. The number of hydrogen-bond acceptors (Lipinski definition) is 4. The number of carbonyl (C=O) groups is 1. The number of aliphatic carboxylic acids is 1. The molecule has 4 nitrogen and oxygen atoms in total. The highest BCUT2D eigenvalue weighted by Gasteiger charge is 2.27. The van der Waals surface area contributed by atoms with Gasteiger partial charge in [0.15, 0.2) is 0 Å². The van der Waals surface area contributed by atoms with Gasteiger partial charge in [-0.15, -0.1) is 11.3 Å². The lowest BCUT2D eigenvalue weighted by atomic mass is 10.1. The lowest BCUT2D eigenvalue weighted by Crippen LogP contribution is -2.22. The second-order valence-corrected chi connectivity index (χ2v) is 5.32. The number of aliphatic hydroxyl groups is 1. The average molecular weight is 265 g/mol. The molecule has 5 heteroatoms. The third-order valence-corrected chi connectivity index (χ3v) is 3.89. The molecule has 1 unspecified atom stereocenters. The van der Waals surface area contributed by atoms with Crippen molar-refractivity contribution in [3.05, 3.63) is 21.9 Å². The van der Waals surface area contributed by atoms with E-state index in [-0.39, 0.29) is 12.5 Å². The fourth-order valence-corrected chi connectivity index (χ4v) is 2.93. The summed E-state index contributed by atoms with van der Waals surface area (Å²) in [5, 5.41) is 19.5. The molecule has 1 aliphatic heterocycles. The summed E-state index contributed by atoms with van der Waals surface area (Å²) in [7, 11) is 0. The number of nitrogens with zero attached hydrogens (tertiary/aromatic N) is 1. The lowest BCUT2D eigenvalue weighted by molar-refractivity contribution is -0.141. The first-order valence-corrected chi connectivity index (χ1v) is 6.69. The maximum atomic E-state index is 10.9. The Morgan fingerprint density at radius 1 is 1.61 bits per heavy atom. The van der Waals surface area contributed by atoms with Crippen LogP contribution in [0.3, 0.4) is 0 Å². The molecule has 2 N–H and O–H groups in total. The van der Waals surface area contributed by atoms with Gasteiger partial charge in [0.1, 0.15) is 6.61 Å². The summed E-state index contributed by atoms with van der Waals surface area (Å²) < 4.78 is 0. The van der Waals surface area contributed by atoms with E-state index in [1.54, 1.807) is 11.3 Å². The zero-order chi connectivity index (χ0) is 13.0. The minimum atomic E-state index is -0.696. The summed E-state index contributed by atoms with van der Waals surface area (Å²) in [6, 6.07) is 2.00. The molecule has 2 rings (SSSR count). The van der Waals surface area contributed by atoms with Gasteiger partial charge in [0, 0.05) is 28.9 Å². The zero-order valence-corrected chi connectivity index (χ0v) is 10.7. The smallest absolute Gasteiger partial charge is 0.307 e. The van der Waals surface area contributed by atoms with E-state index in [9.17, 15) is 4.79 Å². The molecule has 0 bridgehead atoms. The van der Waals surface area contributed by atoms with Gasteiger partial charge in [-0.2, -0.15) is 0 Å². The van der Waals surface area contributed by atoms with Crippen molar-refractivity contribution in [3.8, 4) is 11.8 Å². The summed E-state index contributed by atoms with van der Waals surface area (Å²) in [6.07, 6.45) is 0.734. The predicted molar refractivity (Wildman–Crippen MR) is 69.3 cm³/mol. The van der Waals surface area contributed by atoms with E-state index in [2.05, 4.69) is 16.7 Å². The maximum Gasteiger partial charge on any atom is 0.307 e. The number of carboxylic acids is 1. The standard InChI is InChI=1S/C13H15NO3S/c15-5-1-2-10-6-12(18-9-10)8-14-4-3-11(7-14)13(16)17/h6,9,11,15H,3-5,7-8H2,(H,16,17). The molecule has 0 aliphatic carbocycles. The van der Waals surface area contributed by atoms with Gasteiger partial charge in [-0.25, -0.2) is 0 Å². The first-order chi connectivity index (χ1) is 8.69. The van der Waals surface area contributed by atoms with Crippen LogP contribution in [0, 0.1) is 17.8 Å². The Morgan fingerprint density at radius 3 is 3.11 bits per heavy atom. The molecule has 1 aromatic rings. The van der Waals surface area contributed by atoms with Crippen LogP contribution in [0.25, 0.3) is 0 Å². The van der Waals surface area contributed by atoms with Crippen LogP contribution in [-0.2, 0) is 11.3 Å². The van der Waals surface area contributed by atoms with Gasteiger partial charge in [0.05, 0.1) is 5.92 Å². The Morgan fingerprint density at radius 2 is 2.44 bits per heavy atom. The highest BCUT2D eigenvalue weighted by atomic mass is 32.1. The molecular formula is C13H15NO3S. The van der Waals surface area contributed by atoms with Crippen molar-refractivity contribution in [2.24, 2.45) is 5.92 Å². The average Bonchev–Trinajstić information content (AvgIpc) is 2.96. The summed E-state index contributed by atoms with van der Waals surface area (Å²) in [5.74, 6) is 4.56. The molecular weight excluding hydrogens is 250 g/mol. The summed E-state index contributed by atoms with van der Waals surface area (Å²) in [5.41, 5.74) is 0.915. The van der Waals surface area contributed by atoms with Crippen LogP contribution >= 0.6 is 11.3 Å². The molecule has 0 aromatic carbocycles. The Bertz CT molecular complexity index is 486. The Balaban J connectivity index is 1.90. The fraction of sp³-hybridized carbons (Fsp3) is 0.462. The molecule has 18 heavy (non-hydrogen) atoms. The highest BCUT2D eigenvalue weighted by molar-refractivity contribution is 7.10. The third-order valence-electron chi connectivity index (χ3n) is 2.97. The van der Waals surface area contributed by atoms with Crippen LogP contribution in [-0.4, -0.2) is 40.8 Å². The molecule has 0 saturated carbocycles. The summed E-state index contributed by atoms with van der Waals surface area (Å²) in [4.78, 5) is 14.2. The van der Waals surface area contributed by atoms with Crippen molar-refractivity contribution >= 4 is 17.3 Å². The van der Waals surface area contributed by atoms with E-state index in [0.717, 1.165) is 25.1 Å². The van der Waals surface area contributed by atoms with Crippen LogP contribution in [0.2, 0.25) is 0 Å². The van der Waals surface area contributed by atoms with Gasteiger partial charge in [0.25, 0.3) is 0 Å². The van der Waals surface area contributed by atoms with E-state index >= 15 is 0 Å². The molecule has 2 heterocycles. The van der Waals surface area contributed by atoms with Gasteiger partial charge in [-0.3, -0.25) is 9.69 Å². The molecule has 0 spiro atoms. The first-order valence-electron chi connectivity index (χ1n) is 5.81. The normalized spacial score (nSPS) is 19.5. The number of hydrogen-bond donors (Lipinski definition) is 2. The topological polar surface area (TPSA) is 60.8 Å². The van der Waals surface area contributed by atoms with E-state index in [1.807, 2.05) is 11.4 Å². The SMILES string of the molecule is O=C(O)C1CCN(Cc2cc(C#CCO)cs2)C1. The van der Waals surface area contributed by atoms with Gasteiger partial charge < -0.3 is 10.2 Å². The Kier molecular flexibility index (Phi) is 4.37. The maximum absolute atomic E-state index is 10.9. The monoisotopic (exact) mass is 265 g/mol. The van der Waals surface area contributed by atoms with E-state index in [4.69, 9.17) is 10.2 Å². The molecule has 96 valence electrons. The minimum Gasteiger partial charge on any atom is -0.481 e. The Labute approximate surface area is 110 Å². The van der Waals surface area contributed by atoms with Gasteiger partial charge in [0.2, 0.25) is 0 Å². The van der Waals surface area contributed by atoms with E-state index < -0.39 is 5.97 Å². The van der Waals surface area contributed by atoms with Crippen molar-refractivity contribution in [1.82, 2.24) is 4.90 Å². The summed E-state index contributed by atoms with van der Waals surface area (Å²) in [6.45, 7) is 2.13. The van der Waals surface area contributed by atoms with E-state index in [0.29, 0.717) is 6.54 Å². The molecule has 0 amide bonds. The van der Waals surface area contributed by atoms with Crippen molar-refractivity contribution < 1.29 is 15.0 Å². The van der Waals surface area contributed by atoms with Crippen LogP contribution in [0.4, 0.5) is 0 Å². The van der Waals surface area contributed by atoms with Gasteiger partial charge in [-0.05, 0) is 19.0 Å². The van der Waals surface area contributed by atoms with Crippen LogP contribution in [0.15, 0.2) is 11.4 Å². The number of rotatable bonds is 3. The van der Waals surface area contributed by atoms with Crippen molar-refractivity contribution in [3.63, 3.8) is 0 Å². The number of likely N-dealkylation sites (tertiary alicyclic amines) is 1. The molecule has 1 atom stereocenters. The fourth-order valence-electron chi connectivity index (χ4n) is 2.07. The van der Waals surface area contributed by atoms with E-state index in [1.165, 1.54) is 4.88 Å². The third kappa shape index (κ3) is 3.33. The van der Waals surface area contributed by atoms with Crippen LogP contribution in [0.5, 0.6) is 0 Å². The summed E-state index contributed by atoms with van der Waals surface area (Å²) >= 11 is 1.62. The second-order valence-electron chi connectivity index (χ2n) is 4.32. The largest absolute Gasteiger partial charge is 0.481 e. The van der Waals surface area contributed by atoms with Crippen molar-refractivity contribution in [2.75, 3.05) is 19.7 Å². The first kappa shape index (κ1) is 13.1. The van der Waals surface area contributed by atoms with Gasteiger partial charge >= 0.3 is 5.97 Å². The second kappa shape index (κ2) is 6.01. The zero-order valence-electron chi connectivity index (χ0n) is 9.93. The number of thiophene rings is 1. The van der Waals surface area contributed by atoms with Gasteiger partial charge in [-0.1, -0.05) is 11.8 Å². The van der Waals surface area contributed by atoms with Crippen LogP contribution < -0.4 is 0 Å². The molecule has 1 fully saturated rings. The van der Waals surface area contributed by atoms with Crippen molar-refractivity contribution in [1.29, 1.82) is 0 Å². The predicted octanol–water partition coefficient (Wildman–Crippen LogP) is 0.998. The molecule has 0 radical (unpaired) electrons. The molecule has 1 saturated heterocycles. The quantitative estimate of drug-likeness (QED) is 0.800. The number of aliphatic hydroxyl groups excluding tert-OH is 1. The van der Waals surface area contributed by atoms with Crippen molar-refractivity contribution in [2.45, 2.75) is 13.0 Å². The molecule has 1 aromatic heterocycles. The van der Waals surface area contributed by atoms with Crippen LogP contribution in [0.1, 0.15) is 16.9 Å². The minimum absolute atomic E-state index is 0.127. The highest BCUT2D eigenvalue weighted by Crippen LogP contribution is 2.22. The Hall–Kier alpha value is -1.35. The molecule has 1 aliphatic rings. The number of carboxylic acid groups (broad SMARTS) is 1.